The van der Waals surface area contributed by atoms with Gasteiger partial charge in [0.05, 0.1) is 12.0 Å². The lowest BCUT2D eigenvalue weighted by Gasteiger charge is -2.20. The van der Waals surface area contributed by atoms with E-state index in [2.05, 4.69) is 19.8 Å². The molecular weight excluding hydrogens is 352 g/mol. The van der Waals surface area contributed by atoms with Crippen LogP contribution in [0.4, 0.5) is 11.6 Å². The van der Waals surface area contributed by atoms with Crippen molar-refractivity contribution >= 4 is 21.7 Å². The van der Waals surface area contributed by atoms with E-state index >= 15 is 0 Å². The first kappa shape index (κ1) is 18.4. The molecule has 1 aromatic heterocycles. The van der Waals surface area contributed by atoms with E-state index in [0.717, 1.165) is 37.3 Å². The summed E-state index contributed by atoms with van der Waals surface area (Å²) in [5, 5.41) is 8.24. The number of methoxy groups -OCH3 is 1. The van der Waals surface area contributed by atoms with E-state index in [1.54, 1.807) is 32.2 Å². The molecule has 1 aromatic carbocycles. The van der Waals surface area contributed by atoms with Crippen LogP contribution in [-0.2, 0) is 10.0 Å². The number of hydrogen-bond donors (Lipinski definition) is 1. The van der Waals surface area contributed by atoms with Crippen molar-refractivity contribution in [3.05, 3.63) is 35.9 Å². The van der Waals surface area contributed by atoms with Crippen molar-refractivity contribution in [2.24, 2.45) is 0 Å². The van der Waals surface area contributed by atoms with Crippen LogP contribution in [0.5, 0.6) is 5.75 Å². The molecule has 140 valence electrons. The molecule has 0 spiro atoms. The van der Waals surface area contributed by atoms with Crippen LogP contribution >= 0.6 is 0 Å². The molecule has 2 aromatic rings. The van der Waals surface area contributed by atoms with Gasteiger partial charge in [0.15, 0.2) is 11.6 Å². The third kappa shape index (κ3) is 4.24. The van der Waals surface area contributed by atoms with Crippen molar-refractivity contribution in [3.8, 4) is 5.75 Å². The van der Waals surface area contributed by atoms with Gasteiger partial charge in [0.1, 0.15) is 5.75 Å². The highest BCUT2D eigenvalue weighted by atomic mass is 32.2. The first-order chi connectivity index (χ1) is 12.5. The molecule has 1 aliphatic rings. The Morgan fingerprint density at radius 1 is 1.04 bits per heavy atom. The average molecular weight is 376 g/mol. The van der Waals surface area contributed by atoms with E-state index < -0.39 is 10.0 Å². The molecule has 1 N–H and O–H groups in total. The topological polar surface area (TPSA) is 84.4 Å². The summed E-state index contributed by atoms with van der Waals surface area (Å²) in [4.78, 5) is 2.36. The van der Waals surface area contributed by atoms with Crippen molar-refractivity contribution in [1.29, 1.82) is 0 Å². The molecular formula is C18H24N4O3S. The molecule has 1 saturated heterocycles. The molecule has 0 atom stereocenters. The summed E-state index contributed by atoms with van der Waals surface area (Å²) in [7, 11) is -2.17. The quantitative estimate of drug-likeness (QED) is 0.864. The molecule has 0 saturated carbocycles. The molecule has 8 heteroatoms. The van der Waals surface area contributed by atoms with Gasteiger partial charge in [-0.15, -0.1) is 10.2 Å². The summed E-state index contributed by atoms with van der Waals surface area (Å²) < 4.78 is 32.8. The van der Waals surface area contributed by atoms with Crippen molar-refractivity contribution in [3.63, 3.8) is 0 Å². The maximum absolute atomic E-state index is 12.6. The summed E-state index contributed by atoms with van der Waals surface area (Å²) in [6.45, 7) is 3.73. The lowest BCUT2D eigenvalue weighted by atomic mass is 10.2. The highest BCUT2D eigenvalue weighted by molar-refractivity contribution is 7.92. The second kappa shape index (κ2) is 7.90. The number of sulfonamides is 1. The summed E-state index contributed by atoms with van der Waals surface area (Å²) in [5.41, 5.74) is 0.748. The molecule has 0 amide bonds. The number of nitrogens with zero attached hydrogens (tertiary/aromatic N) is 3. The predicted octanol–water partition coefficient (Wildman–Crippen LogP) is 2.97. The number of rotatable bonds is 5. The minimum atomic E-state index is -3.73. The fourth-order valence-electron chi connectivity index (χ4n) is 3.06. The van der Waals surface area contributed by atoms with Crippen LogP contribution in [-0.4, -0.2) is 38.8 Å². The van der Waals surface area contributed by atoms with Crippen molar-refractivity contribution in [1.82, 2.24) is 10.2 Å². The van der Waals surface area contributed by atoms with E-state index in [9.17, 15) is 8.42 Å². The maximum Gasteiger partial charge on any atom is 0.263 e. The first-order valence-electron chi connectivity index (χ1n) is 8.76. The third-order valence-corrected chi connectivity index (χ3v) is 5.85. The van der Waals surface area contributed by atoms with E-state index in [0.29, 0.717) is 5.75 Å². The lowest BCUT2D eigenvalue weighted by Crippen LogP contribution is -2.25. The van der Waals surface area contributed by atoms with Crippen molar-refractivity contribution < 1.29 is 13.2 Å². The third-order valence-electron chi connectivity index (χ3n) is 4.50. The fourth-order valence-corrected chi connectivity index (χ4v) is 4.14. The molecule has 0 aliphatic carbocycles. The van der Waals surface area contributed by atoms with Gasteiger partial charge in [-0.1, -0.05) is 12.8 Å². The Balaban J connectivity index is 1.74. The second-order valence-electron chi connectivity index (χ2n) is 6.41. The molecule has 7 nitrogen and oxygen atoms in total. The van der Waals surface area contributed by atoms with Gasteiger partial charge in [-0.05, 0) is 55.7 Å². The minimum absolute atomic E-state index is 0.161. The Labute approximate surface area is 154 Å². The smallest absolute Gasteiger partial charge is 0.263 e. The average Bonchev–Trinajstić information content (AvgIpc) is 2.91. The Bertz CT molecular complexity index is 845. The molecule has 0 unspecified atom stereocenters. The monoisotopic (exact) mass is 376 g/mol. The Morgan fingerprint density at radius 3 is 2.35 bits per heavy atom. The Kier molecular flexibility index (Phi) is 5.61. The zero-order valence-electron chi connectivity index (χ0n) is 15.1. The first-order valence-corrected chi connectivity index (χ1v) is 10.2. The van der Waals surface area contributed by atoms with Crippen molar-refractivity contribution in [2.75, 3.05) is 29.8 Å². The number of aryl methyl sites for hydroxylation is 1. The van der Waals surface area contributed by atoms with Crippen LogP contribution in [0, 0.1) is 6.92 Å². The highest BCUT2D eigenvalue weighted by Gasteiger charge is 2.17. The fraction of sp³-hybridized carbons (Fsp3) is 0.444. The van der Waals surface area contributed by atoms with E-state index in [4.69, 9.17) is 4.74 Å². The van der Waals surface area contributed by atoms with Gasteiger partial charge in [-0.2, -0.15) is 0 Å². The standard InChI is InChI=1S/C18H24N4O3S/c1-14-13-15(7-8-16(14)25-2)26(23,24)21-17-9-10-18(20-19-17)22-11-5-3-4-6-12-22/h7-10,13H,3-6,11-12H2,1-2H3,(H,19,21). The van der Waals surface area contributed by atoms with Crippen LogP contribution in [0.25, 0.3) is 0 Å². The summed E-state index contributed by atoms with van der Waals surface area (Å²) in [6, 6.07) is 8.18. The SMILES string of the molecule is COc1ccc(S(=O)(=O)Nc2ccc(N3CCCCCC3)nn2)cc1C. The Hall–Kier alpha value is -2.35. The van der Waals surface area contributed by atoms with E-state index in [1.807, 2.05) is 6.07 Å². The van der Waals surface area contributed by atoms with Gasteiger partial charge < -0.3 is 9.64 Å². The number of ether oxygens (including phenoxy) is 1. The molecule has 1 fully saturated rings. The summed E-state index contributed by atoms with van der Waals surface area (Å²) >= 11 is 0. The Morgan fingerprint density at radius 2 is 1.77 bits per heavy atom. The van der Waals surface area contributed by atoms with Crippen LogP contribution in [0.2, 0.25) is 0 Å². The zero-order chi connectivity index (χ0) is 18.6. The van der Waals surface area contributed by atoms with Crippen LogP contribution < -0.4 is 14.4 Å². The number of hydrogen-bond acceptors (Lipinski definition) is 6. The van der Waals surface area contributed by atoms with Crippen LogP contribution in [0.15, 0.2) is 35.2 Å². The minimum Gasteiger partial charge on any atom is -0.496 e. The van der Waals surface area contributed by atoms with Gasteiger partial charge >= 0.3 is 0 Å². The molecule has 1 aliphatic heterocycles. The molecule has 2 heterocycles. The van der Waals surface area contributed by atoms with Crippen molar-refractivity contribution in [2.45, 2.75) is 37.5 Å². The normalized spacial score (nSPS) is 15.4. The number of nitrogens with one attached hydrogen (secondary N) is 1. The molecule has 26 heavy (non-hydrogen) atoms. The van der Waals surface area contributed by atoms with Crippen LogP contribution in [0.3, 0.4) is 0 Å². The van der Waals surface area contributed by atoms with Gasteiger partial charge in [0, 0.05) is 13.1 Å². The van der Waals surface area contributed by atoms with Crippen LogP contribution in [0.1, 0.15) is 31.2 Å². The predicted molar refractivity (Wildman–Crippen MR) is 101 cm³/mol. The molecule has 3 rings (SSSR count). The van der Waals surface area contributed by atoms with Gasteiger partial charge in [-0.25, -0.2) is 8.42 Å². The molecule has 0 bridgehead atoms. The maximum atomic E-state index is 12.6. The molecule has 0 radical (unpaired) electrons. The number of benzene rings is 1. The number of anilines is 2. The lowest BCUT2D eigenvalue weighted by molar-refractivity contribution is 0.411. The van der Waals surface area contributed by atoms with E-state index in [1.165, 1.54) is 18.9 Å². The largest absolute Gasteiger partial charge is 0.496 e. The highest BCUT2D eigenvalue weighted by Crippen LogP contribution is 2.23. The number of aromatic nitrogens is 2. The van der Waals surface area contributed by atoms with Gasteiger partial charge in [0.2, 0.25) is 0 Å². The summed E-state index contributed by atoms with van der Waals surface area (Å²) in [6.07, 6.45) is 4.77. The van der Waals surface area contributed by atoms with Gasteiger partial charge in [0.25, 0.3) is 10.0 Å². The second-order valence-corrected chi connectivity index (χ2v) is 8.10. The summed E-state index contributed by atoms with van der Waals surface area (Å²) in [5.74, 6) is 1.64. The van der Waals surface area contributed by atoms with Gasteiger partial charge in [-0.3, -0.25) is 4.72 Å². The zero-order valence-corrected chi connectivity index (χ0v) is 15.9. The van der Waals surface area contributed by atoms with E-state index in [-0.39, 0.29) is 10.7 Å².